The van der Waals surface area contributed by atoms with Crippen molar-refractivity contribution in [2.24, 2.45) is 5.92 Å². The SMILES string of the molecule is Cc1cccc(O[C@H](C)C(=O)N[C@H](CC(C)C)c2ccccc2)c1. The summed E-state index contributed by atoms with van der Waals surface area (Å²) < 4.78 is 5.79. The Bertz CT molecular complexity index is 652. The molecule has 1 amide bonds. The van der Waals surface area contributed by atoms with Crippen molar-refractivity contribution in [2.45, 2.75) is 46.3 Å². The van der Waals surface area contributed by atoms with Crippen LogP contribution in [0.25, 0.3) is 0 Å². The third kappa shape index (κ3) is 5.41. The number of carbonyl (C=O) groups is 1. The van der Waals surface area contributed by atoms with E-state index in [2.05, 4.69) is 31.3 Å². The smallest absolute Gasteiger partial charge is 0.261 e. The van der Waals surface area contributed by atoms with Gasteiger partial charge < -0.3 is 10.1 Å². The van der Waals surface area contributed by atoms with Crippen LogP contribution >= 0.6 is 0 Å². The summed E-state index contributed by atoms with van der Waals surface area (Å²) in [6.07, 6.45) is 0.359. The second-order valence-corrected chi connectivity index (χ2v) is 6.68. The highest BCUT2D eigenvalue weighted by molar-refractivity contribution is 5.81. The Labute approximate surface area is 145 Å². The van der Waals surface area contributed by atoms with Crippen molar-refractivity contribution < 1.29 is 9.53 Å². The predicted molar refractivity (Wildman–Crippen MR) is 98.0 cm³/mol. The Morgan fingerprint density at radius 1 is 1.04 bits per heavy atom. The summed E-state index contributed by atoms with van der Waals surface area (Å²) in [5, 5.41) is 3.14. The minimum Gasteiger partial charge on any atom is -0.481 e. The number of ether oxygens (including phenoxy) is 1. The summed E-state index contributed by atoms with van der Waals surface area (Å²) in [4.78, 5) is 12.6. The minimum absolute atomic E-state index is 0.00209. The van der Waals surface area contributed by atoms with Crippen molar-refractivity contribution in [3.8, 4) is 5.75 Å². The molecule has 3 nitrogen and oxygen atoms in total. The lowest BCUT2D eigenvalue weighted by molar-refractivity contribution is -0.128. The molecule has 0 spiro atoms. The fourth-order valence-corrected chi connectivity index (χ4v) is 2.67. The molecule has 0 radical (unpaired) electrons. The molecule has 0 aromatic heterocycles. The molecule has 2 aromatic carbocycles. The first-order chi connectivity index (χ1) is 11.5. The van der Waals surface area contributed by atoms with Crippen LogP contribution in [0.5, 0.6) is 5.75 Å². The molecule has 0 fully saturated rings. The maximum absolute atomic E-state index is 12.6. The molecule has 2 rings (SSSR count). The molecule has 128 valence electrons. The van der Waals surface area contributed by atoms with E-state index < -0.39 is 6.10 Å². The lowest BCUT2D eigenvalue weighted by Crippen LogP contribution is -2.39. The highest BCUT2D eigenvalue weighted by atomic mass is 16.5. The molecule has 2 aromatic rings. The zero-order chi connectivity index (χ0) is 17.5. The number of hydrogen-bond donors (Lipinski definition) is 1. The summed E-state index contributed by atoms with van der Waals surface area (Å²) in [6.45, 7) is 8.12. The summed E-state index contributed by atoms with van der Waals surface area (Å²) in [5.74, 6) is 1.12. The van der Waals surface area contributed by atoms with E-state index in [-0.39, 0.29) is 11.9 Å². The van der Waals surface area contributed by atoms with Crippen molar-refractivity contribution in [2.75, 3.05) is 0 Å². The van der Waals surface area contributed by atoms with Gasteiger partial charge in [-0.25, -0.2) is 0 Å². The Balaban J connectivity index is 2.03. The van der Waals surface area contributed by atoms with Gasteiger partial charge in [-0.1, -0.05) is 56.3 Å². The molecule has 0 heterocycles. The quantitative estimate of drug-likeness (QED) is 0.803. The molecule has 0 bridgehead atoms. The van der Waals surface area contributed by atoms with E-state index in [4.69, 9.17) is 4.74 Å². The number of aryl methyl sites for hydroxylation is 1. The summed E-state index contributed by atoms with van der Waals surface area (Å²) >= 11 is 0. The number of rotatable bonds is 7. The third-order valence-electron chi connectivity index (χ3n) is 3.90. The van der Waals surface area contributed by atoms with E-state index in [1.165, 1.54) is 0 Å². The summed E-state index contributed by atoms with van der Waals surface area (Å²) in [5.41, 5.74) is 2.24. The first-order valence-electron chi connectivity index (χ1n) is 8.54. The first kappa shape index (κ1) is 18.1. The molecule has 0 saturated heterocycles. The molecular formula is C21H27NO2. The van der Waals surface area contributed by atoms with Gasteiger partial charge in [0.05, 0.1) is 6.04 Å². The van der Waals surface area contributed by atoms with E-state index in [0.717, 1.165) is 23.3 Å². The fraction of sp³-hybridized carbons (Fsp3) is 0.381. The van der Waals surface area contributed by atoms with Gasteiger partial charge in [-0.3, -0.25) is 4.79 Å². The third-order valence-corrected chi connectivity index (χ3v) is 3.90. The van der Waals surface area contributed by atoms with Gasteiger partial charge >= 0.3 is 0 Å². The lowest BCUT2D eigenvalue weighted by atomic mass is 9.97. The van der Waals surface area contributed by atoms with Crippen LogP contribution in [0.2, 0.25) is 0 Å². The number of benzene rings is 2. The molecule has 0 aliphatic rings. The van der Waals surface area contributed by atoms with Crippen molar-refractivity contribution in [1.82, 2.24) is 5.32 Å². The van der Waals surface area contributed by atoms with Crippen LogP contribution in [0.3, 0.4) is 0 Å². The molecule has 24 heavy (non-hydrogen) atoms. The van der Waals surface area contributed by atoms with Crippen molar-refractivity contribution in [3.63, 3.8) is 0 Å². The van der Waals surface area contributed by atoms with Crippen LogP contribution in [0.1, 0.15) is 44.4 Å². The largest absolute Gasteiger partial charge is 0.481 e. The van der Waals surface area contributed by atoms with E-state index in [1.807, 2.05) is 49.4 Å². The molecule has 0 aliphatic heterocycles. The van der Waals surface area contributed by atoms with E-state index in [0.29, 0.717) is 5.92 Å². The molecular weight excluding hydrogens is 298 g/mol. The van der Waals surface area contributed by atoms with Crippen LogP contribution in [0, 0.1) is 12.8 Å². The first-order valence-corrected chi connectivity index (χ1v) is 8.54. The van der Waals surface area contributed by atoms with Gasteiger partial charge in [0.25, 0.3) is 5.91 Å². The highest BCUT2D eigenvalue weighted by Crippen LogP contribution is 2.22. The Morgan fingerprint density at radius 3 is 2.38 bits per heavy atom. The number of hydrogen-bond acceptors (Lipinski definition) is 2. The van der Waals surface area contributed by atoms with Crippen LogP contribution in [-0.4, -0.2) is 12.0 Å². The number of amides is 1. The monoisotopic (exact) mass is 325 g/mol. The van der Waals surface area contributed by atoms with Gasteiger partial charge in [-0.05, 0) is 49.4 Å². The highest BCUT2D eigenvalue weighted by Gasteiger charge is 2.21. The zero-order valence-electron chi connectivity index (χ0n) is 15.0. The predicted octanol–water partition coefficient (Wildman–Crippen LogP) is 4.67. The van der Waals surface area contributed by atoms with Crippen molar-refractivity contribution in [1.29, 1.82) is 0 Å². The molecule has 0 unspecified atom stereocenters. The van der Waals surface area contributed by atoms with Crippen molar-refractivity contribution >= 4 is 5.91 Å². The average Bonchev–Trinajstić information content (AvgIpc) is 2.54. The number of nitrogens with one attached hydrogen (secondary N) is 1. The van der Waals surface area contributed by atoms with Gasteiger partial charge in [0.1, 0.15) is 5.75 Å². The average molecular weight is 325 g/mol. The minimum atomic E-state index is -0.537. The number of carbonyl (C=O) groups excluding carboxylic acids is 1. The van der Waals surface area contributed by atoms with Gasteiger partial charge in [0, 0.05) is 0 Å². The summed E-state index contributed by atoms with van der Waals surface area (Å²) in [6, 6.07) is 17.9. The molecule has 2 atom stereocenters. The van der Waals surface area contributed by atoms with Crippen LogP contribution in [0.4, 0.5) is 0 Å². The maximum atomic E-state index is 12.6. The van der Waals surface area contributed by atoms with Crippen LogP contribution in [0.15, 0.2) is 54.6 Å². The molecule has 0 saturated carbocycles. The molecule has 1 N–H and O–H groups in total. The topological polar surface area (TPSA) is 38.3 Å². The molecule has 0 aliphatic carbocycles. The van der Waals surface area contributed by atoms with Gasteiger partial charge in [0.2, 0.25) is 0 Å². The maximum Gasteiger partial charge on any atom is 0.261 e. The van der Waals surface area contributed by atoms with Gasteiger partial charge in [-0.15, -0.1) is 0 Å². The fourth-order valence-electron chi connectivity index (χ4n) is 2.67. The van der Waals surface area contributed by atoms with E-state index in [1.54, 1.807) is 6.92 Å². The molecule has 3 heteroatoms. The summed E-state index contributed by atoms with van der Waals surface area (Å²) in [7, 11) is 0. The van der Waals surface area contributed by atoms with Gasteiger partial charge in [-0.2, -0.15) is 0 Å². The van der Waals surface area contributed by atoms with Crippen molar-refractivity contribution in [3.05, 3.63) is 65.7 Å². The van der Waals surface area contributed by atoms with E-state index in [9.17, 15) is 4.79 Å². The Kier molecular flexibility index (Phi) is 6.42. The second-order valence-electron chi connectivity index (χ2n) is 6.68. The van der Waals surface area contributed by atoms with Crippen LogP contribution in [-0.2, 0) is 4.79 Å². The van der Waals surface area contributed by atoms with Crippen LogP contribution < -0.4 is 10.1 Å². The van der Waals surface area contributed by atoms with E-state index >= 15 is 0 Å². The standard InChI is InChI=1S/C21H27NO2/c1-15(2)13-20(18-10-6-5-7-11-18)22-21(23)17(4)24-19-12-8-9-16(3)14-19/h5-12,14-15,17,20H,13H2,1-4H3,(H,22,23)/t17-,20-/m1/s1. The lowest BCUT2D eigenvalue weighted by Gasteiger charge is -2.23. The second kappa shape index (κ2) is 8.53. The Hall–Kier alpha value is -2.29. The Morgan fingerprint density at radius 2 is 1.75 bits per heavy atom. The van der Waals surface area contributed by atoms with Gasteiger partial charge in [0.15, 0.2) is 6.10 Å². The normalized spacial score (nSPS) is 13.4. The zero-order valence-corrected chi connectivity index (χ0v) is 15.0.